The van der Waals surface area contributed by atoms with E-state index in [1.54, 1.807) is 24.3 Å². The van der Waals surface area contributed by atoms with E-state index in [-0.39, 0.29) is 24.2 Å². The van der Waals surface area contributed by atoms with Gasteiger partial charge in [0.15, 0.2) is 0 Å². The summed E-state index contributed by atoms with van der Waals surface area (Å²) in [5.41, 5.74) is 6.38. The number of phenols is 1. The van der Waals surface area contributed by atoms with Crippen LogP contribution in [-0.2, 0) is 9.59 Å². The van der Waals surface area contributed by atoms with E-state index in [1.165, 1.54) is 4.90 Å². The first kappa shape index (κ1) is 33.4. The number of halogens is 1. The van der Waals surface area contributed by atoms with Crippen LogP contribution in [0.15, 0.2) is 119 Å². The minimum Gasteiger partial charge on any atom is -0.507 e. The number of aromatic hydroxyl groups is 1. The molecule has 0 saturated carbocycles. The van der Waals surface area contributed by atoms with E-state index in [9.17, 15) is 24.9 Å². The zero-order chi connectivity index (χ0) is 33.8. The lowest BCUT2D eigenvalue weighted by molar-refractivity contribution is -0.123. The molecule has 4 atom stereocenters. The Hall–Kier alpha value is -4.50. The molecule has 0 radical (unpaired) electrons. The fraction of sp³-hybridized carbons (Fsp3) is 0.250. The molecule has 1 saturated heterocycles. The Kier molecular flexibility index (Phi) is 10.2. The number of nitrogens with zero attached hydrogens (tertiary/aromatic N) is 1. The van der Waals surface area contributed by atoms with Crippen LogP contribution in [0.3, 0.4) is 0 Å². The number of amides is 2. The minimum atomic E-state index is -0.929. The molecule has 2 aliphatic rings. The van der Waals surface area contributed by atoms with Crippen molar-refractivity contribution in [2.24, 2.45) is 17.8 Å². The molecule has 1 heterocycles. The number of phenolic OH excluding ortho intramolecular Hbond substituents is 1. The van der Waals surface area contributed by atoms with Gasteiger partial charge >= 0.3 is 0 Å². The first-order chi connectivity index (χ1) is 23.3. The third-order valence-electron chi connectivity index (χ3n) is 9.51. The molecule has 48 heavy (non-hydrogen) atoms. The molecule has 0 spiro atoms. The van der Waals surface area contributed by atoms with Gasteiger partial charge in [-0.25, -0.2) is 0 Å². The Morgan fingerprint density at radius 1 is 0.938 bits per heavy atom. The molecule has 4 N–H and O–H groups in total. The molecule has 0 unspecified atom stereocenters. The van der Waals surface area contributed by atoms with Gasteiger partial charge in [-0.2, -0.15) is 0 Å². The van der Waals surface area contributed by atoms with Crippen molar-refractivity contribution >= 4 is 56.5 Å². The zero-order valence-corrected chi connectivity index (χ0v) is 28.3. The van der Waals surface area contributed by atoms with Crippen molar-refractivity contribution in [1.82, 2.24) is 0 Å². The average Bonchev–Trinajstić information content (AvgIpc) is 3.36. The van der Waals surface area contributed by atoms with E-state index >= 15 is 0 Å². The summed E-state index contributed by atoms with van der Waals surface area (Å²) in [5, 5.41) is 36.4. The van der Waals surface area contributed by atoms with Gasteiger partial charge in [0.1, 0.15) is 5.75 Å². The second-order valence-corrected chi connectivity index (χ2v) is 13.3. The molecular formula is C40H39BrN2O5. The number of fused-ring (bicyclic) bond motifs is 1. The number of hydrogen-bond donors (Lipinski definition) is 4. The number of anilines is 3. The van der Waals surface area contributed by atoms with Crippen molar-refractivity contribution in [1.29, 1.82) is 0 Å². The van der Waals surface area contributed by atoms with Gasteiger partial charge in [0, 0.05) is 27.3 Å². The lowest BCUT2D eigenvalue weighted by atomic mass is 9.67. The van der Waals surface area contributed by atoms with Gasteiger partial charge in [-0.05, 0) is 103 Å². The minimum absolute atomic E-state index is 0.151. The summed E-state index contributed by atoms with van der Waals surface area (Å²) in [4.78, 5) is 29.1. The first-order valence-electron chi connectivity index (χ1n) is 16.3. The normalized spacial score (nSPS) is 20.2. The smallest absolute Gasteiger partial charge is 0.238 e. The van der Waals surface area contributed by atoms with E-state index in [0.29, 0.717) is 42.5 Å². The molecule has 0 bridgehead atoms. The monoisotopic (exact) mass is 706 g/mol. The second-order valence-electron chi connectivity index (χ2n) is 12.4. The third kappa shape index (κ3) is 6.88. The number of allylic oxidation sites excluding steroid dienone is 2. The fourth-order valence-corrected chi connectivity index (χ4v) is 7.54. The van der Waals surface area contributed by atoms with Crippen molar-refractivity contribution < 1.29 is 24.9 Å². The number of aliphatic hydroxyl groups excluding tert-OH is 2. The molecule has 1 aliphatic heterocycles. The van der Waals surface area contributed by atoms with Crippen LogP contribution in [-0.4, -0.2) is 39.8 Å². The molecule has 7 nitrogen and oxygen atoms in total. The van der Waals surface area contributed by atoms with Crippen molar-refractivity contribution in [3.8, 4) is 5.75 Å². The third-order valence-corrected chi connectivity index (χ3v) is 10.00. The number of hydrogen-bond acceptors (Lipinski definition) is 6. The number of nitrogens with one attached hydrogen (secondary N) is 1. The number of carbonyl (C=O) groups is 2. The van der Waals surface area contributed by atoms with Gasteiger partial charge in [-0.15, -0.1) is 0 Å². The quantitative estimate of drug-likeness (QED) is 0.0713. The van der Waals surface area contributed by atoms with Crippen molar-refractivity contribution in [3.63, 3.8) is 0 Å². The highest BCUT2D eigenvalue weighted by atomic mass is 79.9. The van der Waals surface area contributed by atoms with Crippen molar-refractivity contribution in [3.05, 3.63) is 130 Å². The molecule has 2 amide bonds. The number of benzene rings is 4. The van der Waals surface area contributed by atoms with Gasteiger partial charge in [-0.1, -0.05) is 77.0 Å². The van der Waals surface area contributed by atoms with Crippen LogP contribution in [0.25, 0.3) is 11.6 Å². The Balaban J connectivity index is 1.24. The van der Waals surface area contributed by atoms with Gasteiger partial charge in [0.05, 0.1) is 30.2 Å². The van der Waals surface area contributed by atoms with Crippen LogP contribution in [0.4, 0.5) is 17.1 Å². The highest BCUT2D eigenvalue weighted by Crippen LogP contribution is 2.48. The Bertz CT molecular complexity index is 1840. The highest BCUT2D eigenvalue weighted by molar-refractivity contribution is 9.10. The van der Waals surface area contributed by atoms with E-state index < -0.39 is 23.9 Å². The summed E-state index contributed by atoms with van der Waals surface area (Å²) < 4.78 is 0.837. The summed E-state index contributed by atoms with van der Waals surface area (Å²) >= 11 is 3.48. The van der Waals surface area contributed by atoms with Crippen molar-refractivity contribution in [2.45, 2.75) is 38.7 Å². The maximum Gasteiger partial charge on any atom is 0.238 e. The van der Waals surface area contributed by atoms with E-state index in [4.69, 9.17) is 0 Å². The summed E-state index contributed by atoms with van der Waals surface area (Å²) in [6.45, 7) is 1.64. The van der Waals surface area contributed by atoms with E-state index in [1.807, 2.05) is 91.9 Å². The molecule has 4 aromatic rings. The Morgan fingerprint density at radius 2 is 1.60 bits per heavy atom. The van der Waals surface area contributed by atoms with Crippen LogP contribution in [0.5, 0.6) is 5.75 Å². The van der Waals surface area contributed by atoms with Crippen LogP contribution in [0, 0.1) is 17.8 Å². The topological polar surface area (TPSA) is 110 Å². The van der Waals surface area contributed by atoms with Gasteiger partial charge in [0.25, 0.3) is 0 Å². The van der Waals surface area contributed by atoms with Crippen LogP contribution in [0.2, 0.25) is 0 Å². The van der Waals surface area contributed by atoms with Gasteiger partial charge in [0.2, 0.25) is 11.8 Å². The Morgan fingerprint density at radius 3 is 2.27 bits per heavy atom. The predicted octanol–water partition coefficient (Wildman–Crippen LogP) is 8.10. The highest BCUT2D eigenvalue weighted by Gasteiger charge is 2.55. The number of aliphatic hydroxyl groups is 2. The first-order valence-corrected chi connectivity index (χ1v) is 17.1. The molecule has 1 aliphatic carbocycles. The van der Waals surface area contributed by atoms with Crippen LogP contribution < -0.4 is 10.2 Å². The van der Waals surface area contributed by atoms with E-state index in [2.05, 4.69) is 21.2 Å². The van der Waals surface area contributed by atoms with Crippen LogP contribution >= 0.6 is 15.9 Å². The molecule has 6 rings (SSSR count). The lowest BCUT2D eigenvalue weighted by Crippen LogP contribution is -2.39. The number of carbonyl (C=O) groups excluding carboxylic acids is 2. The number of para-hydroxylation sites is 1. The average molecular weight is 708 g/mol. The number of imide groups is 1. The summed E-state index contributed by atoms with van der Waals surface area (Å²) in [6.07, 6.45) is 2.78. The van der Waals surface area contributed by atoms with Crippen LogP contribution in [0.1, 0.15) is 43.7 Å². The Labute approximate surface area is 289 Å². The SMILES string of the molecule is CCC1=C([C@H](O)CC/C(=C/c2cc(Br)ccc2O)c2ccccc2)[C@H](CO)[C@@H]2C(=O)N(c3ccc(Nc4ccccc4)cc3)C(=O)[C@@H]2C1. The molecular weight excluding hydrogens is 668 g/mol. The fourth-order valence-electron chi connectivity index (χ4n) is 7.16. The zero-order valence-electron chi connectivity index (χ0n) is 26.7. The van der Waals surface area contributed by atoms with Gasteiger partial charge < -0.3 is 20.6 Å². The summed E-state index contributed by atoms with van der Waals surface area (Å²) in [6, 6.07) is 32.0. The standard InChI is InChI=1S/C40H39BrN2O5/c1-2-25-23-33-38(40(48)43(39(33)47)32-17-15-31(16-18-32)42-30-11-7-4-8-12-30)34(24-44)37(25)36(46)19-13-27(26-9-5-3-6-10-26)21-28-22-29(41)14-20-35(28)45/h3-12,14-18,20-22,33-34,36,38,42,44-46H,2,13,19,23-24H2,1H3/b27-21-/t33-,34+,36-,38-/m1/s1. The molecule has 0 aromatic heterocycles. The summed E-state index contributed by atoms with van der Waals surface area (Å²) in [5.74, 6) is -2.49. The van der Waals surface area contributed by atoms with Crippen molar-refractivity contribution in [2.75, 3.05) is 16.8 Å². The molecule has 246 valence electrons. The molecule has 1 fully saturated rings. The predicted molar refractivity (Wildman–Crippen MR) is 194 cm³/mol. The van der Waals surface area contributed by atoms with E-state index in [0.717, 1.165) is 32.6 Å². The molecule has 8 heteroatoms. The maximum atomic E-state index is 14.0. The van der Waals surface area contributed by atoms with Gasteiger partial charge in [-0.3, -0.25) is 14.5 Å². The second kappa shape index (κ2) is 14.7. The molecule has 4 aromatic carbocycles. The summed E-state index contributed by atoms with van der Waals surface area (Å²) in [7, 11) is 0. The lowest BCUT2D eigenvalue weighted by Gasteiger charge is -2.36. The number of rotatable bonds is 11. The largest absolute Gasteiger partial charge is 0.507 e. The maximum absolute atomic E-state index is 14.0.